The average molecular weight is 365 g/mol. The van der Waals surface area contributed by atoms with E-state index in [1.54, 1.807) is 12.1 Å². The molecule has 0 heterocycles. The van der Waals surface area contributed by atoms with Crippen LogP contribution in [0.1, 0.15) is 44.0 Å². The van der Waals surface area contributed by atoms with Gasteiger partial charge in [0.2, 0.25) is 0 Å². The van der Waals surface area contributed by atoms with E-state index in [1.165, 1.54) is 0 Å². The number of nitrogens with one attached hydrogen (secondary N) is 1. The van der Waals surface area contributed by atoms with E-state index in [9.17, 15) is 4.79 Å². The molecule has 0 atom stereocenters. The molecule has 0 unspecified atom stereocenters. The van der Waals surface area contributed by atoms with Crippen LogP contribution >= 0.6 is 12.2 Å². The number of hydrogen-bond acceptors (Lipinski definition) is 3. The fourth-order valence-corrected chi connectivity index (χ4v) is 4.12. The number of rotatable bonds is 4. The molecule has 1 aliphatic carbocycles. The minimum Gasteiger partial charge on any atom is -0.395 e. The van der Waals surface area contributed by atoms with Crippen LogP contribution in [0.3, 0.4) is 0 Å². The Bertz CT molecular complexity index is 622. The van der Waals surface area contributed by atoms with Gasteiger partial charge >= 0.3 is 0 Å². The number of carbonyl (C=O) groups is 1. The van der Waals surface area contributed by atoms with E-state index in [2.05, 4.69) is 39.2 Å². The summed E-state index contributed by atoms with van der Waals surface area (Å²) in [5.74, 6) is -0.185. The average Bonchev–Trinajstić information content (AvgIpc) is 3.26. The second kappa shape index (κ2) is 6.58. The molecule has 1 aromatic carbocycles. The van der Waals surface area contributed by atoms with Gasteiger partial charge in [0.05, 0.1) is 0 Å². The SMILES string of the molecule is CN(C(=S)NC(=O)c1ccccc1)C1(O[Si](C)(C)C(C)(C)C)CC1. The first-order valence-corrected chi connectivity index (χ1v) is 11.6. The molecular weight excluding hydrogens is 336 g/mol. The van der Waals surface area contributed by atoms with Gasteiger partial charge in [0.15, 0.2) is 13.4 Å². The van der Waals surface area contributed by atoms with E-state index in [4.69, 9.17) is 16.6 Å². The molecule has 1 saturated carbocycles. The van der Waals surface area contributed by atoms with Gasteiger partial charge in [-0.15, -0.1) is 0 Å². The number of hydrogen-bond donors (Lipinski definition) is 1. The lowest BCUT2D eigenvalue weighted by Gasteiger charge is -2.42. The summed E-state index contributed by atoms with van der Waals surface area (Å²) >= 11 is 5.45. The summed E-state index contributed by atoms with van der Waals surface area (Å²) in [6.07, 6.45) is 1.88. The largest absolute Gasteiger partial charge is 0.395 e. The normalized spacial score (nSPS) is 16.4. The van der Waals surface area contributed by atoms with Gasteiger partial charge in [-0.25, -0.2) is 0 Å². The molecule has 4 nitrogen and oxygen atoms in total. The van der Waals surface area contributed by atoms with Crippen LogP contribution in [-0.2, 0) is 4.43 Å². The van der Waals surface area contributed by atoms with Crippen LogP contribution in [-0.4, -0.2) is 37.0 Å². The summed E-state index contributed by atoms with van der Waals surface area (Å²) in [7, 11) is 0.00613. The second-order valence-corrected chi connectivity index (χ2v) is 13.1. The molecule has 1 fully saturated rings. The van der Waals surface area contributed by atoms with Crippen LogP contribution in [0.4, 0.5) is 0 Å². The molecule has 0 spiro atoms. The zero-order valence-electron chi connectivity index (χ0n) is 15.5. The van der Waals surface area contributed by atoms with Crippen LogP contribution in [0.5, 0.6) is 0 Å². The molecule has 1 N–H and O–H groups in total. The van der Waals surface area contributed by atoms with Crippen LogP contribution in [0, 0.1) is 0 Å². The number of carbonyl (C=O) groups excluding carboxylic acids is 1. The highest BCUT2D eigenvalue weighted by atomic mass is 32.1. The highest BCUT2D eigenvalue weighted by Crippen LogP contribution is 2.49. The maximum Gasteiger partial charge on any atom is 0.257 e. The number of benzene rings is 1. The Balaban J connectivity index is 2.04. The van der Waals surface area contributed by atoms with Crippen molar-refractivity contribution in [1.29, 1.82) is 0 Å². The molecule has 1 amide bonds. The highest BCUT2D eigenvalue weighted by molar-refractivity contribution is 7.80. The zero-order chi connectivity index (χ0) is 18.2. The predicted octanol–water partition coefficient (Wildman–Crippen LogP) is 4.15. The number of thiocarbonyl (C=S) groups is 1. The standard InChI is InChI=1S/C18H28N2O2SSi/c1-17(2,3)24(5,6)22-18(12-13-18)20(4)16(23)19-15(21)14-10-8-7-9-11-14/h7-11H,12-13H2,1-6H3,(H,19,21,23). The molecule has 2 rings (SSSR count). The molecule has 0 bridgehead atoms. The molecule has 132 valence electrons. The van der Waals surface area contributed by atoms with Crippen molar-refractivity contribution in [3.8, 4) is 0 Å². The fourth-order valence-electron chi connectivity index (χ4n) is 2.27. The second-order valence-electron chi connectivity index (χ2n) is 7.99. The third-order valence-corrected chi connectivity index (χ3v) is 9.98. The van der Waals surface area contributed by atoms with Crippen molar-refractivity contribution in [1.82, 2.24) is 10.2 Å². The lowest BCUT2D eigenvalue weighted by atomic mass is 10.2. The Morgan fingerprint density at radius 3 is 2.25 bits per heavy atom. The molecule has 0 aliphatic heterocycles. The molecule has 1 aliphatic rings. The molecule has 0 saturated heterocycles. The Labute approximate surface area is 151 Å². The van der Waals surface area contributed by atoms with Gasteiger partial charge in [-0.2, -0.15) is 0 Å². The smallest absolute Gasteiger partial charge is 0.257 e. The molecule has 0 aromatic heterocycles. The minimum atomic E-state index is -1.90. The van der Waals surface area contributed by atoms with Gasteiger partial charge in [-0.1, -0.05) is 39.0 Å². The number of amides is 1. The quantitative estimate of drug-likeness (QED) is 0.495. The lowest BCUT2D eigenvalue weighted by Crippen LogP contribution is -2.54. The van der Waals surface area contributed by atoms with Crippen molar-refractivity contribution in [3.05, 3.63) is 35.9 Å². The molecule has 24 heavy (non-hydrogen) atoms. The lowest BCUT2D eigenvalue weighted by molar-refractivity contribution is 0.0528. The van der Waals surface area contributed by atoms with Crippen molar-refractivity contribution in [2.45, 2.75) is 57.5 Å². The van der Waals surface area contributed by atoms with Crippen LogP contribution in [0.2, 0.25) is 18.1 Å². The monoisotopic (exact) mass is 364 g/mol. The van der Waals surface area contributed by atoms with E-state index in [0.29, 0.717) is 10.7 Å². The van der Waals surface area contributed by atoms with Crippen molar-refractivity contribution in [3.63, 3.8) is 0 Å². The van der Waals surface area contributed by atoms with E-state index >= 15 is 0 Å². The summed E-state index contributed by atoms with van der Waals surface area (Å²) in [5.41, 5.74) is 0.243. The third-order valence-electron chi connectivity index (χ3n) is 5.10. The van der Waals surface area contributed by atoms with Gasteiger partial charge in [-0.05, 0) is 55.3 Å². The molecular formula is C18H28N2O2SSi. The van der Waals surface area contributed by atoms with E-state index in [-0.39, 0.29) is 16.7 Å². The third kappa shape index (κ3) is 4.04. The van der Waals surface area contributed by atoms with Crippen LogP contribution in [0.15, 0.2) is 30.3 Å². The minimum absolute atomic E-state index is 0.137. The zero-order valence-corrected chi connectivity index (χ0v) is 17.3. The predicted molar refractivity (Wildman–Crippen MR) is 105 cm³/mol. The number of nitrogens with zero attached hydrogens (tertiary/aromatic N) is 1. The first-order valence-electron chi connectivity index (χ1n) is 8.33. The topological polar surface area (TPSA) is 41.6 Å². The van der Waals surface area contributed by atoms with E-state index < -0.39 is 8.32 Å². The van der Waals surface area contributed by atoms with E-state index in [1.807, 2.05) is 30.1 Å². The molecule has 6 heteroatoms. The summed E-state index contributed by atoms with van der Waals surface area (Å²) < 4.78 is 6.60. The maximum atomic E-state index is 12.3. The van der Waals surface area contributed by atoms with Crippen LogP contribution < -0.4 is 5.32 Å². The van der Waals surface area contributed by atoms with Gasteiger partial charge in [-0.3, -0.25) is 10.1 Å². The van der Waals surface area contributed by atoms with Gasteiger partial charge in [0.25, 0.3) is 5.91 Å². The van der Waals surface area contributed by atoms with Gasteiger partial charge in [0, 0.05) is 12.6 Å². The summed E-state index contributed by atoms with van der Waals surface area (Å²) in [4.78, 5) is 14.2. The van der Waals surface area contributed by atoms with Crippen molar-refractivity contribution < 1.29 is 9.22 Å². The highest BCUT2D eigenvalue weighted by Gasteiger charge is 2.54. The van der Waals surface area contributed by atoms with Crippen molar-refractivity contribution >= 4 is 31.6 Å². The first kappa shape index (κ1) is 19.1. The van der Waals surface area contributed by atoms with Crippen molar-refractivity contribution in [2.75, 3.05) is 7.05 Å². The summed E-state index contributed by atoms with van der Waals surface area (Å²) in [6, 6.07) is 9.11. The van der Waals surface area contributed by atoms with Gasteiger partial charge in [0.1, 0.15) is 5.72 Å². The summed E-state index contributed by atoms with van der Waals surface area (Å²) in [6.45, 7) is 11.2. The fraction of sp³-hybridized carbons (Fsp3) is 0.556. The Hall–Kier alpha value is -1.24. The van der Waals surface area contributed by atoms with Crippen LogP contribution in [0.25, 0.3) is 0 Å². The van der Waals surface area contributed by atoms with E-state index in [0.717, 1.165) is 12.8 Å². The molecule has 0 radical (unpaired) electrons. The Morgan fingerprint density at radius 1 is 1.25 bits per heavy atom. The summed E-state index contributed by atoms with van der Waals surface area (Å²) in [5, 5.41) is 3.37. The van der Waals surface area contributed by atoms with Gasteiger partial charge < -0.3 is 9.33 Å². The van der Waals surface area contributed by atoms with Crippen molar-refractivity contribution in [2.24, 2.45) is 0 Å². The Morgan fingerprint density at radius 2 is 1.79 bits per heavy atom. The Kier molecular flexibility index (Phi) is 5.23. The first-order chi connectivity index (χ1) is 11.0. The molecule has 1 aromatic rings. The maximum absolute atomic E-state index is 12.3.